The van der Waals surface area contributed by atoms with Crippen molar-refractivity contribution in [1.82, 2.24) is 19.9 Å². The topological polar surface area (TPSA) is 79.5 Å². The number of benzene rings is 1. The number of carbonyl (C=O) groups excluding carboxylic acids is 2. The van der Waals surface area contributed by atoms with Crippen molar-refractivity contribution >= 4 is 23.4 Å². The van der Waals surface area contributed by atoms with Crippen molar-refractivity contribution in [2.45, 2.75) is 84.1 Å². The molecule has 3 rings (SSSR count). The third-order valence-electron chi connectivity index (χ3n) is 6.34. The molecular formula is C26H37ClN4O3. The van der Waals surface area contributed by atoms with E-state index in [0.717, 1.165) is 63.4 Å². The van der Waals surface area contributed by atoms with Crippen molar-refractivity contribution in [2.24, 2.45) is 0 Å². The zero-order valence-corrected chi connectivity index (χ0v) is 21.2. The van der Waals surface area contributed by atoms with Crippen LogP contribution in [-0.4, -0.2) is 51.4 Å². The molecule has 0 aliphatic carbocycles. The Morgan fingerprint density at radius 1 is 1.15 bits per heavy atom. The number of amides is 2. The molecule has 1 saturated heterocycles. The minimum absolute atomic E-state index is 0.0507. The largest absolute Gasteiger partial charge is 0.337 e. The minimum atomic E-state index is -0.269. The molecule has 0 bridgehead atoms. The Morgan fingerprint density at radius 2 is 1.97 bits per heavy atom. The summed E-state index contributed by atoms with van der Waals surface area (Å²) in [5.41, 5.74) is 0.774. The van der Waals surface area contributed by atoms with Crippen LogP contribution in [0.25, 0.3) is 11.4 Å². The van der Waals surface area contributed by atoms with E-state index >= 15 is 0 Å². The Kier molecular flexibility index (Phi) is 10.4. The van der Waals surface area contributed by atoms with Gasteiger partial charge in [-0.1, -0.05) is 68.4 Å². The maximum absolute atomic E-state index is 13.4. The quantitative estimate of drug-likeness (QED) is 0.340. The van der Waals surface area contributed by atoms with Gasteiger partial charge in [0.05, 0.1) is 6.54 Å². The van der Waals surface area contributed by atoms with E-state index in [1.807, 2.05) is 17.0 Å². The normalized spacial score (nSPS) is 16.0. The Labute approximate surface area is 207 Å². The average molecular weight is 489 g/mol. The van der Waals surface area contributed by atoms with E-state index < -0.39 is 0 Å². The van der Waals surface area contributed by atoms with Crippen molar-refractivity contribution in [3.05, 3.63) is 35.2 Å². The fourth-order valence-electron chi connectivity index (χ4n) is 4.36. The molecule has 8 heteroatoms. The number of carbonyl (C=O) groups is 2. The molecule has 1 aliphatic heterocycles. The molecule has 1 fully saturated rings. The van der Waals surface area contributed by atoms with E-state index in [9.17, 15) is 9.59 Å². The summed E-state index contributed by atoms with van der Waals surface area (Å²) in [6, 6.07) is 7.03. The molecule has 2 heterocycles. The van der Waals surface area contributed by atoms with Crippen LogP contribution < -0.4 is 0 Å². The molecule has 1 aromatic heterocycles. The zero-order chi connectivity index (χ0) is 24.3. The first-order chi connectivity index (χ1) is 16.5. The minimum Gasteiger partial charge on any atom is -0.337 e. The van der Waals surface area contributed by atoms with Crippen molar-refractivity contribution in [1.29, 1.82) is 0 Å². The van der Waals surface area contributed by atoms with Crippen LogP contribution in [0.5, 0.6) is 0 Å². The van der Waals surface area contributed by atoms with Gasteiger partial charge in [0.15, 0.2) is 0 Å². The van der Waals surface area contributed by atoms with Crippen molar-refractivity contribution in [2.75, 3.05) is 19.6 Å². The summed E-state index contributed by atoms with van der Waals surface area (Å²) < 4.78 is 5.59. The number of hydrogen-bond donors (Lipinski definition) is 0. The smallest absolute Gasteiger partial charge is 0.249 e. The van der Waals surface area contributed by atoms with E-state index in [1.165, 1.54) is 0 Å². The van der Waals surface area contributed by atoms with Crippen molar-refractivity contribution in [3.63, 3.8) is 0 Å². The molecule has 2 amide bonds. The SMILES string of the molecule is CCCCCCC(=O)N(CCCC)CC(=O)N1CCCCC1c1nc(-c2cccc(Cl)c2)no1. The summed E-state index contributed by atoms with van der Waals surface area (Å²) in [6.07, 6.45) is 9.27. The molecule has 1 aliphatic rings. The van der Waals surface area contributed by atoms with E-state index in [1.54, 1.807) is 17.0 Å². The van der Waals surface area contributed by atoms with Gasteiger partial charge in [0, 0.05) is 30.1 Å². The Bertz CT molecular complexity index is 932. The number of hydrogen-bond acceptors (Lipinski definition) is 5. The van der Waals surface area contributed by atoms with E-state index in [2.05, 4.69) is 24.0 Å². The number of unbranched alkanes of at least 4 members (excludes halogenated alkanes) is 4. The summed E-state index contributed by atoms with van der Waals surface area (Å²) in [4.78, 5) is 34.4. The highest BCUT2D eigenvalue weighted by atomic mass is 35.5. The second-order valence-corrected chi connectivity index (χ2v) is 9.48. The highest BCUT2D eigenvalue weighted by Gasteiger charge is 2.33. The molecule has 186 valence electrons. The highest BCUT2D eigenvalue weighted by Crippen LogP contribution is 2.31. The summed E-state index contributed by atoms with van der Waals surface area (Å²) in [5, 5.41) is 4.73. The molecular weight excluding hydrogens is 452 g/mol. The van der Waals surface area contributed by atoms with Gasteiger partial charge < -0.3 is 14.3 Å². The lowest BCUT2D eigenvalue weighted by atomic mass is 10.0. The molecule has 2 aromatic rings. The second-order valence-electron chi connectivity index (χ2n) is 9.04. The lowest BCUT2D eigenvalue weighted by Crippen LogP contribution is -2.46. The molecule has 0 saturated carbocycles. The number of nitrogens with zero attached hydrogens (tertiary/aromatic N) is 4. The van der Waals surface area contributed by atoms with Gasteiger partial charge in [0.25, 0.3) is 0 Å². The van der Waals surface area contributed by atoms with Gasteiger partial charge in [-0.05, 0) is 44.2 Å². The van der Waals surface area contributed by atoms with Gasteiger partial charge in [-0.3, -0.25) is 9.59 Å². The number of halogens is 1. The number of rotatable bonds is 12. The van der Waals surface area contributed by atoms with Crippen LogP contribution in [0.15, 0.2) is 28.8 Å². The Morgan fingerprint density at radius 3 is 2.74 bits per heavy atom. The van der Waals surface area contributed by atoms with Crippen LogP contribution in [0.2, 0.25) is 5.02 Å². The average Bonchev–Trinajstić information content (AvgIpc) is 3.34. The van der Waals surface area contributed by atoms with Gasteiger partial charge in [-0.15, -0.1) is 0 Å². The third-order valence-corrected chi connectivity index (χ3v) is 6.57. The van der Waals surface area contributed by atoms with Crippen molar-refractivity contribution in [3.8, 4) is 11.4 Å². The van der Waals surface area contributed by atoms with Gasteiger partial charge in [-0.2, -0.15) is 4.98 Å². The van der Waals surface area contributed by atoms with E-state index in [0.29, 0.717) is 36.2 Å². The molecule has 7 nitrogen and oxygen atoms in total. The number of likely N-dealkylation sites (tertiary alicyclic amines) is 1. The Balaban J connectivity index is 1.69. The predicted octanol–water partition coefficient (Wildman–Crippen LogP) is 6.04. The lowest BCUT2D eigenvalue weighted by Gasteiger charge is -2.35. The fraction of sp³-hybridized carbons (Fsp3) is 0.615. The van der Waals surface area contributed by atoms with Gasteiger partial charge in [-0.25, -0.2) is 0 Å². The lowest BCUT2D eigenvalue weighted by molar-refractivity contribution is -0.143. The van der Waals surface area contributed by atoms with Crippen LogP contribution in [0, 0.1) is 0 Å². The van der Waals surface area contributed by atoms with Crippen LogP contribution in [0.3, 0.4) is 0 Å². The first-order valence-corrected chi connectivity index (χ1v) is 13.1. The maximum atomic E-state index is 13.4. The van der Waals surface area contributed by atoms with Crippen LogP contribution in [0.4, 0.5) is 0 Å². The van der Waals surface area contributed by atoms with Crippen LogP contribution >= 0.6 is 11.6 Å². The monoisotopic (exact) mass is 488 g/mol. The summed E-state index contributed by atoms with van der Waals surface area (Å²) in [7, 11) is 0. The summed E-state index contributed by atoms with van der Waals surface area (Å²) in [6.45, 7) is 5.61. The van der Waals surface area contributed by atoms with E-state index in [-0.39, 0.29) is 24.4 Å². The molecule has 0 N–H and O–H groups in total. The van der Waals surface area contributed by atoms with Crippen LogP contribution in [-0.2, 0) is 9.59 Å². The summed E-state index contributed by atoms with van der Waals surface area (Å²) >= 11 is 6.10. The highest BCUT2D eigenvalue weighted by molar-refractivity contribution is 6.30. The molecule has 1 aromatic carbocycles. The second kappa shape index (κ2) is 13.5. The third kappa shape index (κ3) is 7.29. The Hall–Kier alpha value is -2.41. The standard InChI is InChI=1S/C26H37ClN4O3/c1-3-5-7-8-15-23(32)30(16-6-4-2)19-24(33)31-17-10-9-14-22(31)26-28-25(29-34-26)20-12-11-13-21(27)18-20/h11-13,18,22H,3-10,14-17,19H2,1-2H3. The van der Waals surface area contributed by atoms with Gasteiger partial charge in [0.1, 0.15) is 6.04 Å². The van der Waals surface area contributed by atoms with Crippen molar-refractivity contribution < 1.29 is 14.1 Å². The fourth-order valence-corrected chi connectivity index (χ4v) is 4.55. The maximum Gasteiger partial charge on any atom is 0.249 e. The number of aromatic nitrogens is 2. The molecule has 0 radical (unpaired) electrons. The first-order valence-electron chi connectivity index (χ1n) is 12.7. The van der Waals surface area contributed by atoms with Gasteiger partial charge >= 0.3 is 0 Å². The summed E-state index contributed by atoms with van der Waals surface area (Å²) in [5.74, 6) is 0.925. The van der Waals surface area contributed by atoms with Gasteiger partial charge in [0.2, 0.25) is 23.5 Å². The first kappa shape index (κ1) is 26.2. The van der Waals surface area contributed by atoms with E-state index in [4.69, 9.17) is 16.1 Å². The van der Waals surface area contributed by atoms with Crippen LogP contribution in [0.1, 0.15) is 90.0 Å². The molecule has 34 heavy (non-hydrogen) atoms. The molecule has 0 spiro atoms. The molecule has 1 atom stereocenters. The molecule has 1 unspecified atom stereocenters. The predicted molar refractivity (Wildman–Crippen MR) is 133 cm³/mol. The zero-order valence-electron chi connectivity index (χ0n) is 20.5. The number of piperidine rings is 1.